The lowest BCUT2D eigenvalue weighted by atomic mass is 9.99. The molecule has 17 nitrogen and oxygen atoms in total. The Morgan fingerprint density at radius 2 is 2.00 bits per heavy atom. The third-order valence-corrected chi connectivity index (χ3v) is 5.55. The standard InChI is InChI=1S/C17H22N6O11S2/c1-17(2,3)34-11(26)6-33-22-12(8-7-35-16(18)20-8)14(27)21-13-9(5-32-19-4-10(24)25)23(15(13)28)36(29,30)31/h4,7,9,13H,5-6H2,1-3H3,(H2,18,20)(H,21,27)(H,24,25)(H,29,30,31). The Bertz CT molecular complexity index is 1190. The summed E-state index contributed by atoms with van der Waals surface area (Å²) in [5.41, 5.74) is 4.17. The third-order valence-electron chi connectivity index (χ3n) is 3.93. The number of oxime groups is 2. The fourth-order valence-electron chi connectivity index (χ4n) is 2.66. The maximum absolute atomic E-state index is 12.9. The molecule has 0 spiro atoms. The summed E-state index contributed by atoms with van der Waals surface area (Å²) in [6.07, 6.45) is 0.352. The van der Waals surface area contributed by atoms with Crippen molar-refractivity contribution < 1.29 is 51.7 Å². The highest BCUT2D eigenvalue weighted by Gasteiger charge is 2.55. The van der Waals surface area contributed by atoms with Crippen LogP contribution in [0.15, 0.2) is 15.7 Å². The molecular weight excluding hydrogens is 528 g/mol. The number of esters is 1. The van der Waals surface area contributed by atoms with Gasteiger partial charge < -0.3 is 30.6 Å². The number of carbonyl (C=O) groups excluding carboxylic acids is 3. The number of nitrogens with two attached hydrogens (primary N) is 1. The highest BCUT2D eigenvalue weighted by molar-refractivity contribution is 7.84. The Labute approximate surface area is 207 Å². The van der Waals surface area contributed by atoms with Gasteiger partial charge in [0.2, 0.25) is 6.61 Å². The number of ether oxygens (including phenoxy) is 1. The van der Waals surface area contributed by atoms with Gasteiger partial charge in [-0.15, -0.1) is 11.3 Å². The fraction of sp³-hybridized carbons (Fsp3) is 0.471. The number of carboxylic acids is 1. The maximum Gasteiger partial charge on any atom is 0.362 e. The summed E-state index contributed by atoms with van der Waals surface area (Å²) < 4.78 is 37.4. The molecule has 1 saturated heterocycles. The lowest BCUT2D eigenvalue weighted by Crippen LogP contribution is -2.73. The van der Waals surface area contributed by atoms with Gasteiger partial charge in [0.25, 0.3) is 11.8 Å². The quantitative estimate of drug-likeness (QED) is 0.0795. The number of anilines is 1. The molecule has 0 bridgehead atoms. The van der Waals surface area contributed by atoms with Crippen LogP contribution in [-0.2, 0) is 43.9 Å². The first-order valence-electron chi connectivity index (χ1n) is 9.73. The summed E-state index contributed by atoms with van der Waals surface area (Å²) in [7, 11) is -5.04. The van der Waals surface area contributed by atoms with E-state index in [2.05, 4.69) is 25.4 Å². The first-order chi connectivity index (χ1) is 16.6. The smallest absolute Gasteiger partial charge is 0.362 e. The molecule has 2 unspecified atom stereocenters. The fourth-order valence-corrected chi connectivity index (χ4v) is 4.07. The van der Waals surface area contributed by atoms with E-state index >= 15 is 0 Å². The Morgan fingerprint density at radius 3 is 2.53 bits per heavy atom. The highest BCUT2D eigenvalue weighted by Crippen LogP contribution is 2.24. The summed E-state index contributed by atoms with van der Waals surface area (Å²) in [6, 6.07) is -3.06. The molecule has 19 heteroatoms. The molecule has 1 aromatic heterocycles. The Kier molecular flexibility index (Phi) is 8.89. The van der Waals surface area contributed by atoms with Gasteiger partial charge in [-0.1, -0.05) is 10.3 Å². The van der Waals surface area contributed by atoms with E-state index in [4.69, 9.17) is 20.4 Å². The molecule has 2 heterocycles. The van der Waals surface area contributed by atoms with Crippen LogP contribution in [0.3, 0.4) is 0 Å². The molecule has 2 rings (SSSR count). The van der Waals surface area contributed by atoms with Gasteiger partial charge in [-0.2, -0.15) is 8.42 Å². The molecule has 36 heavy (non-hydrogen) atoms. The number of nitrogens with zero attached hydrogens (tertiary/aromatic N) is 4. The molecule has 5 N–H and O–H groups in total. The van der Waals surface area contributed by atoms with Crippen molar-refractivity contribution in [1.82, 2.24) is 14.6 Å². The average molecular weight is 551 g/mol. The van der Waals surface area contributed by atoms with Gasteiger partial charge in [-0.25, -0.2) is 18.9 Å². The van der Waals surface area contributed by atoms with Crippen molar-refractivity contribution in [2.24, 2.45) is 10.3 Å². The lowest BCUT2D eigenvalue weighted by molar-refractivity contribution is -0.160. The van der Waals surface area contributed by atoms with Crippen LogP contribution in [0.25, 0.3) is 0 Å². The molecule has 2 atom stereocenters. The van der Waals surface area contributed by atoms with E-state index in [-0.39, 0.29) is 15.1 Å². The lowest BCUT2D eigenvalue weighted by Gasteiger charge is -2.43. The van der Waals surface area contributed by atoms with E-state index in [1.807, 2.05) is 0 Å². The Balaban J connectivity index is 2.20. The van der Waals surface area contributed by atoms with Crippen LogP contribution in [0.1, 0.15) is 26.5 Å². The van der Waals surface area contributed by atoms with Crippen molar-refractivity contribution in [2.45, 2.75) is 38.5 Å². The maximum atomic E-state index is 12.9. The van der Waals surface area contributed by atoms with E-state index in [0.29, 0.717) is 6.21 Å². The van der Waals surface area contributed by atoms with E-state index in [1.165, 1.54) is 5.38 Å². The molecule has 198 valence electrons. The molecule has 0 saturated carbocycles. The van der Waals surface area contributed by atoms with Crippen LogP contribution >= 0.6 is 11.3 Å². The van der Waals surface area contributed by atoms with Gasteiger partial charge in [0.1, 0.15) is 30.0 Å². The number of aliphatic carboxylic acids is 1. The van der Waals surface area contributed by atoms with E-state index in [9.17, 15) is 32.1 Å². The van der Waals surface area contributed by atoms with Gasteiger partial charge in [-0.05, 0) is 20.8 Å². The largest absolute Gasteiger partial charge is 0.477 e. The zero-order valence-corrected chi connectivity index (χ0v) is 20.6. The number of β-lactam (4-membered cyclic amide) rings is 1. The summed E-state index contributed by atoms with van der Waals surface area (Å²) in [6.45, 7) is 3.49. The molecule has 1 aromatic rings. The summed E-state index contributed by atoms with van der Waals surface area (Å²) >= 11 is 0.944. The van der Waals surface area contributed by atoms with Crippen LogP contribution in [0, 0.1) is 0 Å². The Morgan fingerprint density at radius 1 is 1.33 bits per heavy atom. The van der Waals surface area contributed by atoms with Crippen LogP contribution < -0.4 is 11.1 Å². The normalized spacial score (nSPS) is 18.5. The van der Waals surface area contributed by atoms with Crippen molar-refractivity contribution in [3.63, 3.8) is 0 Å². The molecule has 0 radical (unpaired) electrons. The second kappa shape index (κ2) is 11.3. The van der Waals surface area contributed by atoms with Crippen molar-refractivity contribution in [3.05, 3.63) is 11.1 Å². The van der Waals surface area contributed by atoms with Gasteiger partial charge in [0.05, 0.1) is 0 Å². The summed E-state index contributed by atoms with van der Waals surface area (Å²) in [5.74, 6) is -4.57. The van der Waals surface area contributed by atoms with Gasteiger partial charge >= 0.3 is 22.2 Å². The van der Waals surface area contributed by atoms with Crippen molar-refractivity contribution in [2.75, 3.05) is 18.9 Å². The van der Waals surface area contributed by atoms with Gasteiger partial charge in [0.15, 0.2) is 17.1 Å². The van der Waals surface area contributed by atoms with Crippen LogP contribution in [0.4, 0.5) is 5.13 Å². The minimum Gasteiger partial charge on any atom is -0.477 e. The number of nitrogen functional groups attached to an aromatic ring is 1. The number of carboxylic acid groups (broad SMARTS) is 1. The second-order valence-corrected chi connectivity index (χ2v) is 10.0. The predicted octanol–water partition coefficient (Wildman–Crippen LogP) is -1.63. The third kappa shape index (κ3) is 7.85. The van der Waals surface area contributed by atoms with E-state index < -0.39 is 70.7 Å². The van der Waals surface area contributed by atoms with Crippen molar-refractivity contribution in [3.8, 4) is 0 Å². The second-order valence-electron chi connectivity index (χ2n) is 7.87. The number of nitrogens with one attached hydrogen (secondary N) is 1. The predicted molar refractivity (Wildman–Crippen MR) is 121 cm³/mol. The molecule has 1 fully saturated rings. The van der Waals surface area contributed by atoms with E-state index in [0.717, 1.165) is 11.3 Å². The Hall–Kier alpha value is -3.84. The molecular formula is C17H22N6O11S2. The van der Waals surface area contributed by atoms with Crippen molar-refractivity contribution in [1.29, 1.82) is 0 Å². The van der Waals surface area contributed by atoms with Crippen LogP contribution in [0.5, 0.6) is 0 Å². The minimum absolute atomic E-state index is 0.0187. The molecule has 0 aliphatic carbocycles. The zero-order chi connectivity index (χ0) is 27.3. The van der Waals surface area contributed by atoms with Crippen molar-refractivity contribution >= 4 is 62.5 Å². The SMILES string of the molecule is CC(C)(C)OC(=O)CON=C(C(=O)NC1C(=O)N(S(=O)(=O)O)C1CON=CC(=O)O)c1csc(N)n1. The molecule has 1 aliphatic heterocycles. The first kappa shape index (κ1) is 28.4. The number of thiazole rings is 1. The highest BCUT2D eigenvalue weighted by atomic mass is 32.2. The number of rotatable bonds is 11. The van der Waals surface area contributed by atoms with E-state index in [1.54, 1.807) is 20.8 Å². The zero-order valence-electron chi connectivity index (χ0n) is 19.0. The monoisotopic (exact) mass is 550 g/mol. The summed E-state index contributed by atoms with van der Waals surface area (Å²) in [4.78, 5) is 60.9. The van der Waals surface area contributed by atoms with Gasteiger partial charge in [0, 0.05) is 5.38 Å². The first-order valence-corrected chi connectivity index (χ1v) is 12.0. The van der Waals surface area contributed by atoms with Crippen LogP contribution in [-0.4, -0.2) is 93.9 Å². The molecule has 2 amide bonds. The summed E-state index contributed by atoms with van der Waals surface area (Å²) in [5, 5.41) is 18.7. The number of aromatic nitrogens is 1. The van der Waals surface area contributed by atoms with Gasteiger partial charge in [-0.3, -0.25) is 14.1 Å². The number of hydrogen-bond donors (Lipinski definition) is 4. The number of carbonyl (C=O) groups is 4. The average Bonchev–Trinajstić information content (AvgIpc) is 3.14. The topological polar surface area (TPSA) is 249 Å². The van der Waals surface area contributed by atoms with Crippen LogP contribution in [0.2, 0.25) is 0 Å². The molecule has 1 aliphatic rings. The molecule has 0 aromatic carbocycles. The minimum atomic E-state index is -5.04. The number of amides is 2. The number of hydrogen-bond acceptors (Lipinski definition) is 14.